The molecular formula is C7H15N2O. The molecule has 3 nitrogen and oxygen atoms in total. The summed E-state index contributed by atoms with van der Waals surface area (Å²) < 4.78 is 0. The van der Waals surface area contributed by atoms with Gasteiger partial charge < -0.3 is 5.11 Å². The molecule has 1 rings (SSSR count). The fourth-order valence-electron chi connectivity index (χ4n) is 1.29. The zero-order chi connectivity index (χ0) is 7.40. The van der Waals surface area contributed by atoms with E-state index in [4.69, 9.17) is 5.11 Å². The lowest BCUT2D eigenvalue weighted by Crippen LogP contribution is -2.46. The minimum Gasteiger partial charge on any atom is -0.395 e. The van der Waals surface area contributed by atoms with E-state index in [1.165, 1.54) is 0 Å². The summed E-state index contributed by atoms with van der Waals surface area (Å²) in [5, 5.41) is 13.0. The monoisotopic (exact) mass is 143 g/mol. The van der Waals surface area contributed by atoms with Gasteiger partial charge in [-0.1, -0.05) is 0 Å². The molecule has 1 atom stereocenters. The van der Waals surface area contributed by atoms with E-state index in [1.54, 1.807) is 0 Å². The molecule has 0 bridgehead atoms. The van der Waals surface area contributed by atoms with E-state index in [0.29, 0.717) is 6.04 Å². The van der Waals surface area contributed by atoms with E-state index >= 15 is 0 Å². The van der Waals surface area contributed by atoms with Crippen molar-refractivity contribution < 1.29 is 5.11 Å². The van der Waals surface area contributed by atoms with Crippen molar-refractivity contribution in [3.63, 3.8) is 0 Å². The molecule has 1 heterocycles. The largest absolute Gasteiger partial charge is 0.395 e. The molecule has 1 aliphatic heterocycles. The van der Waals surface area contributed by atoms with E-state index < -0.39 is 0 Å². The molecule has 1 saturated heterocycles. The van der Waals surface area contributed by atoms with E-state index in [9.17, 15) is 0 Å². The highest BCUT2D eigenvalue weighted by Gasteiger charge is 2.14. The molecule has 0 spiro atoms. The highest BCUT2D eigenvalue weighted by Crippen LogP contribution is 1.98. The molecule has 0 amide bonds. The summed E-state index contributed by atoms with van der Waals surface area (Å²) in [5.41, 5.74) is 0. The number of aliphatic hydroxyl groups is 1. The first kappa shape index (κ1) is 7.98. The van der Waals surface area contributed by atoms with Gasteiger partial charge in [-0.05, 0) is 6.92 Å². The molecule has 59 valence electrons. The minimum atomic E-state index is 0.271. The topological polar surface area (TPSA) is 37.6 Å². The Morgan fingerprint density at radius 3 is 3.10 bits per heavy atom. The van der Waals surface area contributed by atoms with Crippen LogP contribution in [0.1, 0.15) is 6.92 Å². The van der Waals surface area contributed by atoms with Gasteiger partial charge >= 0.3 is 0 Å². The first-order chi connectivity index (χ1) is 4.83. The number of piperazine rings is 1. The van der Waals surface area contributed by atoms with E-state index in [0.717, 1.165) is 26.2 Å². The van der Waals surface area contributed by atoms with Crippen molar-refractivity contribution in [1.82, 2.24) is 10.2 Å². The van der Waals surface area contributed by atoms with Gasteiger partial charge in [0, 0.05) is 32.2 Å². The van der Waals surface area contributed by atoms with Crippen LogP contribution < -0.4 is 5.32 Å². The molecule has 0 aliphatic carbocycles. The van der Waals surface area contributed by atoms with Gasteiger partial charge in [-0.3, -0.25) is 4.90 Å². The quantitative estimate of drug-likeness (QED) is 0.554. The molecule has 3 heteroatoms. The fourth-order valence-corrected chi connectivity index (χ4v) is 1.29. The molecule has 0 aromatic heterocycles. The van der Waals surface area contributed by atoms with Gasteiger partial charge in [0.05, 0.1) is 6.61 Å². The third kappa shape index (κ3) is 2.25. The summed E-state index contributed by atoms with van der Waals surface area (Å²) in [5.74, 6) is 0. The minimum absolute atomic E-state index is 0.271. The molecule has 0 saturated carbocycles. The van der Waals surface area contributed by atoms with Gasteiger partial charge in [0.2, 0.25) is 0 Å². The molecule has 1 fully saturated rings. The number of hydrogen-bond donors (Lipinski definition) is 1. The Balaban J connectivity index is 2.18. The predicted molar refractivity (Wildman–Crippen MR) is 40.0 cm³/mol. The SMILES string of the molecule is CC1CN(CCO)CC[N]1. The number of rotatable bonds is 2. The number of aliphatic hydroxyl groups excluding tert-OH is 1. The Labute approximate surface area is 62.0 Å². The maximum atomic E-state index is 8.63. The summed E-state index contributed by atoms with van der Waals surface area (Å²) in [6.45, 7) is 6.16. The number of β-amino-alcohol motifs (C(OH)–C–C–N with tert-alkyl or cyclic N) is 1. The normalized spacial score (nSPS) is 28.8. The second kappa shape index (κ2) is 3.91. The van der Waals surface area contributed by atoms with Crippen molar-refractivity contribution in [1.29, 1.82) is 0 Å². The molecule has 0 aromatic rings. The molecule has 1 unspecified atom stereocenters. The van der Waals surface area contributed by atoms with Crippen molar-refractivity contribution in [2.75, 3.05) is 32.8 Å². The van der Waals surface area contributed by atoms with E-state index in [-0.39, 0.29) is 6.61 Å². The molecule has 1 N–H and O–H groups in total. The number of nitrogens with zero attached hydrogens (tertiary/aromatic N) is 2. The van der Waals surface area contributed by atoms with Crippen molar-refractivity contribution in [2.24, 2.45) is 0 Å². The van der Waals surface area contributed by atoms with Gasteiger partial charge in [-0.15, -0.1) is 0 Å². The average molecular weight is 143 g/mol. The number of hydrogen-bond acceptors (Lipinski definition) is 2. The smallest absolute Gasteiger partial charge is 0.0558 e. The Bertz CT molecular complexity index is 95.6. The van der Waals surface area contributed by atoms with Crippen molar-refractivity contribution in [2.45, 2.75) is 13.0 Å². The lowest BCUT2D eigenvalue weighted by Gasteiger charge is -2.29. The molecular weight excluding hydrogens is 128 g/mol. The van der Waals surface area contributed by atoms with Gasteiger partial charge in [-0.25, -0.2) is 5.32 Å². The van der Waals surface area contributed by atoms with Crippen molar-refractivity contribution in [3.8, 4) is 0 Å². The molecule has 1 aliphatic rings. The van der Waals surface area contributed by atoms with Crippen LogP contribution in [0.15, 0.2) is 0 Å². The van der Waals surface area contributed by atoms with Crippen LogP contribution in [0.5, 0.6) is 0 Å². The second-order valence-corrected chi connectivity index (χ2v) is 2.78. The van der Waals surface area contributed by atoms with E-state index in [2.05, 4.69) is 17.1 Å². The lowest BCUT2D eigenvalue weighted by molar-refractivity contribution is 0.160. The van der Waals surface area contributed by atoms with Crippen LogP contribution in [-0.2, 0) is 0 Å². The predicted octanol–water partition coefficient (Wildman–Crippen LogP) is -0.713. The highest BCUT2D eigenvalue weighted by molar-refractivity contribution is 4.73. The van der Waals surface area contributed by atoms with E-state index in [1.807, 2.05) is 0 Å². The fraction of sp³-hybridized carbons (Fsp3) is 1.00. The van der Waals surface area contributed by atoms with Gasteiger partial charge in [-0.2, -0.15) is 0 Å². The third-order valence-electron chi connectivity index (χ3n) is 1.80. The Morgan fingerprint density at radius 2 is 2.50 bits per heavy atom. The zero-order valence-electron chi connectivity index (χ0n) is 6.45. The average Bonchev–Trinajstić information content (AvgIpc) is 1.88. The van der Waals surface area contributed by atoms with Crippen LogP contribution in [0.3, 0.4) is 0 Å². The maximum Gasteiger partial charge on any atom is 0.0558 e. The van der Waals surface area contributed by atoms with Crippen LogP contribution >= 0.6 is 0 Å². The maximum absolute atomic E-state index is 8.63. The van der Waals surface area contributed by atoms with Gasteiger partial charge in [0.25, 0.3) is 0 Å². The molecule has 1 radical (unpaired) electrons. The summed E-state index contributed by atoms with van der Waals surface area (Å²) in [6.07, 6.45) is 0. The summed E-state index contributed by atoms with van der Waals surface area (Å²) in [4.78, 5) is 2.25. The van der Waals surface area contributed by atoms with Crippen LogP contribution in [0, 0.1) is 0 Å². The molecule has 10 heavy (non-hydrogen) atoms. The lowest BCUT2D eigenvalue weighted by atomic mass is 10.2. The van der Waals surface area contributed by atoms with Gasteiger partial charge in [0.1, 0.15) is 0 Å². The van der Waals surface area contributed by atoms with Crippen LogP contribution in [0.2, 0.25) is 0 Å². The van der Waals surface area contributed by atoms with Crippen LogP contribution in [-0.4, -0.2) is 48.8 Å². The first-order valence-corrected chi connectivity index (χ1v) is 3.82. The van der Waals surface area contributed by atoms with Crippen LogP contribution in [0.25, 0.3) is 0 Å². The Morgan fingerprint density at radius 1 is 1.70 bits per heavy atom. The van der Waals surface area contributed by atoms with Gasteiger partial charge in [0.15, 0.2) is 0 Å². The summed E-state index contributed by atoms with van der Waals surface area (Å²) in [6, 6.07) is 0.459. The van der Waals surface area contributed by atoms with Crippen LogP contribution in [0.4, 0.5) is 0 Å². The molecule has 0 aromatic carbocycles. The van der Waals surface area contributed by atoms with Crippen molar-refractivity contribution in [3.05, 3.63) is 0 Å². The zero-order valence-corrected chi connectivity index (χ0v) is 6.45. The standard InChI is InChI=1S/C7H15N2O/c1-7-6-9(4-5-10)3-2-8-7/h7,10H,2-6H2,1H3. The third-order valence-corrected chi connectivity index (χ3v) is 1.80. The Kier molecular flexibility index (Phi) is 3.12. The first-order valence-electron chi connectivity index (χ1n) is 3.82. The summed E-state index contributed by atoms with van der Waals surface area (Å²) in [7, 11) is 0. The summed E-state index contributed by atoms with van der Waals surface area (Å²) >= 11 is 0. The second-order valence-electron chi connectivity index (χ2n) is 2.78. The highest BCUT2D eigenvalue weighted by atomic mass is 16.3. The Hall–Kier alpha value is -0.120. The van der Waals surface area contributed by atoms with Crippen molar-refractivity contribution >= 4 is 0 Å².